The summed E-state index contributed by atoms with van der Waals surface area (Å²) in [5, 5.41) is 0. The molecule has 0 aromatic heterocycles. The molecule has 2 fully saturated rings. The van der Waals surface area contributed by atoms with Crippen molar-refractivity contribution in [2.75, 3.05) is 39.5 Å². The zero-order valence-corrected chi connectivity index (χ0v) is 13.1. The first-order valence-electron chi connectivity index (χ1n) is 7.19. The summed E-state index contributed by atoms with van der Waals surface area (Å²) in [7, 11) is -1.31. The molecule has 0 aliphatic carbocycles. The zero-order chi connectivity index (χ0) is 14.8. The van der Waals surface area contributed by atoms with Crippen LogP contribution in [0.1, 0.15) is 25.7 Å². The summed E-state index contributed by atoms with van der Waals surface area (Å²) in [6, 6.07) is 0. The molecule has 0 N–H and O–H groups in total. The molecule has 2 rings (SSSR count). The summed E-state index contributed by atoms with van der Waals surface area (Å²) >= 11 is 0. The fourth-order valence-electron chi connectivity index (χ4n) is 2.93. The molecule has 1 amide bonds. The van der Waals surface area contributed by atoms with E-state index in [9.17, 15) is 13.2 Å². The normalized spacial score (nSPS) is 25.8. The first-order valence-corrected chi connectivity index (χ1v) is 9.04. The number of carbonyl (C=O) groups excluding carboxylic acids is 1. The Hall–Kier alpha value is -0.660. The molecular formula is C13H24N2O4S. The molecule has 0 spiro atoms. The van der Waals surface area contributed by atoms with E-state index in [1.54, 1.807) is 4.90 Å². The topological polar surface area (TPSA) is 66.9 Å². The average Bonchev–Trinajstić information content (AvgIpc) is 2.90. The summed E-state index contributed by atoms with van der Waals surface area (Å²) in [4.78, 5) is 14.1. The monoisotopic (exact) mass is 304 g/mol. The van der Waals surface area contributed by atoms with Gasteiger partial charge in [0.25, 0.3) is 0 Å². The Balaban J connectivity index is 1.81. The van der Waals surface area contributed by atoms with Crippen molar-refractivity contribution >= 4 is 15.9 Å². The van der Waals surface area contributed by atoms with Crippen molar-refractivity contribution in [2.24, 2.45) is 5.92 Å². The summed E-state index contributed by atoms with van der Waals surface area (Å²) < 4.78 is 29.9. The van der Waals surface area contributed by atoms with Crippen molar-refractivity contribution in [3.63, 3.8) is 0 Å². The molecule has 1 atom stereocenters. The number of sulfonamides is 1. The highest BCUT2D eigenvalue weighted by molar-refractivity contribution is 7.88. The van der Waals surface area contributed by atoms with Crippen LogP contribution in [0, 0.1) is 5.92 Å². The van der Waals surface area contributed by atoms with Crippen molar-refractivity contribution in [2.45, 2.75) is 31.8 Å². The lowest BCUT2D eigenvalue weighted by molar-refractivity contribution is -0.136. The first-order chi connectivity index (χ1) is 9.38. The molecular weight excluding hydrogens is 280 g/mol. The van der Waals surface area contributed by atoms with Crippen LogP contribution in [0.5, 0.6) is 0 Å². The summed E-state index contributed by atoms with van der Waals surface area (Å²) in [5.74, 6) is 0.0630. The van der Waals surface area contributed by atoms with Crippen molar-refractivity contribution in [3.05, 3.63) is 0 Å². The quantitative estimate of drug-likeness (QED) is 0.749. The molecule has 2 aliphatic rings. The number of hydrogen-bond donors (Lipinski definition) is 0. The molecule has 0 radical (unpaired) electrons. The van der Waals surface area contributed by atoms with Crippen molar-refractivity contribution in [1.82, 2.24) is 9.21 Å². The van der Waals surface area contributed by atoms with Gasteiger partial charge in [0.2, 0.25) is 15.9 Å². The van der Waals surface area contributed by atoms with E-state index in [0.29, 0.717) is 32.5 Å². The van der Waals surface area contributed by atoms with Crippen LogP contribution in [-0.2, 0) is 19.6 Å². The van der Waals surface area contributed by atoms with Crippen LogP contribution in [0.25, 0.3) is 0 Å². The van der Waals surface area contributed by atoms with Gasteiger partial charge in [-0.25, -0.2) is 12.7 Å². The van der Waals surface area contributed by atoms with Gasteiger partial charge >= 0.3 is 0 Å². The van der Waals surface area contributed by atoms with Crippen LogP contribution in [0.4, 0.5) is 0 Å². The lowest BCUT2D eigenvalue weighted by Crippen LogP contribution is -2.44. The van der Waals surface area contributed by atoms with E-state index in [4.69, 9.17) is 4.74 Å². The van der Waals surface area contributed by atoms with Gasteiger partial charge in [0, 0.05) is 39.2 Å². The fraction of sp³-hybridized carbons (Fsp3) is 0.923. The largest absolute Gasteiger partial charge is 0.376 e. The number of rotatable bonds is 4. The van der Waals surface area contributed by atoms with Crippen molar-refractivity contribution < 1.29 is 17.9 Å². The second kappa shape index (κ2) is 6.41. The van der Waals surface area contributed by atoms with Gasteiger partial charge < -0.3 is 9.64 Å². The van der Waals surface area contributed by atoms with E-state index < -0.39 is 10.0 Å². The van der Waals surface area contributed by atoms with Gasteiger partial charge in [0.15, 0.2) is 0 Å². The Morgan fingerprint density at radius 2 is 1.95 bits per heavy atom. The Morgan fingerprint density at radius 1 is 1.30 bits per heavy atom. The molecule has 0 aromatic carbocycles. The van der Waals surface area contributed by atoms with E-state index in [1.165, 1.54) is 10.6 Å². The molecule has 0 bridgehead atoms. The first kappa shape index (κ1) is 15.7. The standard InChI is InChI=1S/C13H24N2O4S/c1-14(10-12-4-3-9-19-12)13(16)11-5-7-15(8-6-11)20(2,17)18/h11-12H,3-10H2,1-2H3. The second-order valence-electron chi connectivity index (χ2n) is 5.79. The number of likely N-dealkylation sites (N-methyl/N-ethyl adjacent to an activating group) is 1. The number of piperidine rings is 1. The minimum absolute atomic E-state index is 0.0561. The predicted octanol–water partition coefficient (Wildman–Crippen LogP) is 0.295. The SMILES string of the molecule is CN(CC1CCCO1)C(=O)C1CCN(S(C)(=O)=O)CC1. The van der Waals surface area contributed by atoms with Crippen molar-refractivity contribution in [1.29, 1.82) is 0 Å². The van der Waals surface area contributed by atoms with Gasteiger partial charge in [-0.3, -0.25) is 4.79 Å². The molecule has 20 heavy (non-hydrogen) atoms. The third-order valence-corrected chi connectivity index (χ3v) is 5.45. The van der Waals surface area contributed by atoms with Gasteiger partial charge in [-0.2, -0.15) is 0 Å². The average molecular weight is 304 g/mol. The van der Waals surface area contributed by atoms with Gasteiger partial charge in [0.05, 0.1) is 12.4 Å². The van der Waals surface area contributed by atoms with Gasteiger partial charge in [-0.15, -0.1) is 0 Å². The molecule has 2 heterocycles. The lowest BCUT2D eigenvalue weighted by atomic mass is 9.96. The molecule has 0 saturated carbocycles. The van der Waals surface area contributed by atoms with Crippen molar-refractivity contribution in [3.8, 4) is 0 Å². The Kier molecular flexibility index (Phi) is 5.04. The van der Waals surface area contributed by atoms with Crippen LogP contribution in [-0.4, -0.2) is 69.2 Å². The molecule has 2 aliphatic heterocycles. The maximum atomic E-state index is 12.3. The number of amides is 1. The third-order valence-electron chi connectivity index (χ3n) is 4.15. The highest BCUT2D eigenvalue weighted by Crippen LogP contribution is 2.22. The number of carbonyl (C=O) groups is 1. The third kappa shape index (κ3) is 3.93. The summed E-state index contributed by atoms with van der Waals surface area (Å²) in [6.45, 7) is 2.33. The lowest BCUT2D eigenvalue weighted by Gasteiger charge is -2.32. The maximum absolute atomic E-state index is 12.3. The van der Waals surface area contributed by atoms with E-state index >= 15 is 0 Å². The van der Waals surface area contributed by atoms with Crippen LogP contribution in [0.15, 0.2) is 0 Å². The minimum atomic E-state index is -3.13. The van der Waals surface area contributed by atoms with Crippen LogP contribution in [0.2, 0.25) is 0 Å². The minimum Gasteiger partial charge on any atom is -0.376 e. The predicted molar refractivity (Wildman–Crippen MR) is 75.8 cm³/mol. The molecule has 116 valence electrons. The van der Waals surface area contributed by atoms with Gasteiger partial charge in [0.1, 0.15) is 0 Å². The Labute approximate surface area is 121 Å². The van der Waals surface area contributed by atoms with E-state index in [0.717, 1.165) is 19.4 Å². The van der Waals surface area contributed by atoms with Crippen LogP contribution in [0.3, 0.4) is 0 Å². The van der Waals surface area contributed by atoms with Gasteiger partial charge in [-0.05, 0) is 25.7 Å². The number of hydrogen-bond acceptors (Lipinski definition) is 4. The molecule has 7 heteroatoms. The molecule has 1 unspecified atom stereocenters. The Bertz CT molecular complexity index is 437. The zero-order valence-electron chi connectivity index (χ0n) is 12.2. The summed E-state index contributed by atoms with van der Waals surface area (Å²) in [5.41, 5.74) is 0. The number of nitrogens with zero attached hydrogens (tertiary/aromatic N) is 2. The Morgan fingerprint density at radius 3 is 2.45 bits per heavy atom. The van der Waals surface area contributed by atoms with E-state index in [2.05, 4.69) is 0 Å². The molecule has 6 nitrogen and oxygen atoms in total. The molecule has 2 saturated heterocycles. The van der Waals surface area contributed by atoms with Gasteiger partial charge in [-0.1, -0.05) is 0 Å². The van der Waals surface area contributed by atoms with E-state index in [-0.39, 0.29) is 17.9 Å². The highest BCUT2D eigenvalue weighted by Gasteiger charge is 2.31. The smallest absolute Gasteiger partial charge is 0.225 e. The summed E-state index contributed by atoms with van der Waals surface area (Å²) in [6.07, 6.45) is 4.70. The maximum Gasteiger partial charge on any atom is 0.225 e. The number of ether oxygens (including phenoxy) is 1. The fourth-order valence-corrected chi connectivity index (χ4v) is 3.80. The second-order valence-corrected chi connectivity index (χ2v) is 7.77. The van der Waals surface area contributed by atoms with Crippen LogP contribution >= 0.6 is 0 Å². The molecule has 0 aromatic rings. The van der Waals surface area contributed by atoms with E-state index in [1.807, 2.05) is 7.05 Å². The van der Waals surface area contributed by atoms with Crippen LogP contribution < -0.4 is 0 Å². The highest BCUT2D eigenvalue weighted by atomic mass is 32.2.